The van der Waals surface area contributed by atoms with Gasteiger partial charge in [-0.25, -0.2) is 4.98 Å². The molecule has 0 saturated heterocycles. The number of aromatic nitrogens is 2. The summed E-state index contributed by atoms with van der Waals surface area (Å²) in [5, 5.41) is 3.37. The van der Waals surface area contributed by atoms with Crippen LogP contribution >= 0.6 is 0 Å². The number of nitrogens with one attached hydrogen (secondary N) is 1. The van der Waals surface area contributed by atoms with Gasteiger partial charge in [0.15, 0.2) is 0 Å². The number of likely N-dealkylation sites (N-methyl/N-ethyl adjacent to an activating group) is 1. The fraction of sp³-hybridized carbons (Fsp3) is 0.438. The summed E-state index contributed by atoms with van der Waals surface area (Å²) in [4.78, 5) is 4.44. The zero-order chi connectivity index (χ0) is 14.5. The molecule has 20 heavy (non-hydrogen) atoms. The van der Waals surface area contributed by atoms with Crippen molar-refractivity contribution in [2.75, 3.05) is 14.2 Å². The van der Waals surface area contributed by atoms with Crippen LogP contribution in [-0.4, -0.2) is 23.7 Å². The van der Waals surface area contributed by atoms with Gasteiger partial charge in [-0.1, -0.05) is 26.0 Å². The molecule has 1 aromatic heterocycles. The quantitative estimate of drug-likeness (QED) is 0.879. The van der Waals surface area contributed by atoms with Crippen molar-refractivity contribution in [3.05, 3.63) is 48.0 Å². The second kappa shape index (κ2) is 6.57. The Hall–Kier alpha value is -1.81. The summed E-state index contributed by atoms with van der Waals surface area (Å²) in [6.07, 6.45) is 3.91. The van der Waals surface area contributed by atoms with Crippen LogP contribution in [0.4, 0.5) is 0 Å². The van der Waals surface area contributed by atoms with Crippen LogP contribution in [0, 0.1) is 0 Å². The van der Waals surface area contributed by atoms with Crippen molar-refractivity contribution in [3.8, 4) is 5.75 Å². The number of nitrogens with zero attached hydrogens (tertiary/aromatic N) is 2. The first kappa shape index (κ1) is 14.6. The number of methoxy groups -OCH3 is 1. The molecule has 0 radical (unpaired) electrons. The molecular formula is C16H23N3O. The number of imidazole rings is 1. The molecule has 2 aromatic rings. The highest BCUT2D eigenvalue weighted by Crippen LogP contribution is 2.22. The lowest BCUT2D eigenvalue weighted by molar-refractivity contribution is 0.411. The molecule has 1 aromatic carbocycles. The van der Waals surface area contributed by atoms with Gasteiger partial charge < -0.3 is 14.6 Å². The minimum absolute atomic E-state index is 0.233. The predicted molar refractivity (Wildman–Crippen MR) is 81.1 cm³/mol. The SMILES string of the molecule is CNC(Cn1ccnc1C(C)C)c1cccc(OC)c1. The molecule has 108 valence electrons. The van der Waals surface area contributed by atoms with Gasteiger partial charge in [0, 0.05) is 24.9 Å². The summed E-state index contributed by atoms with van der Waals surface area (Å²) >= 11 is 0. The van der Waals surface area contributed by atoms with Crippen LogP contribution in [0.25, 0.3) is 0 Å². The molecule has 1 heterocycles. The molecule has 0 aliphatic carbocycles. The Bertz CT molecular complexity index is 548. The Labute approximate surface area is 120 Å². The van der Waals surface area contributed by atoms with E-state index in [1.807, 2.05) is 31.6 Å². The van der Waals surface area contributed by atoms with Gasteiger partial charge in [0.25, 0.3) is 0 Å². The van der Waals surface area contributed by atoms with Crippen molar-refractivity contribution in [1.82, 2.24) is 14.9 Å². The third kappa shape index (κ3) is 3.20. The lowest BCUT2D eigenvalue weighted by atomic mass is 10.1. The van der Waals surface area contributed by atoms with E-state index in [9.17, 15) is 0 Å². The minimum Gasteiger partial charge on any atom is -0.497 e. The van der Waals surface area contributed by atoms with Crippen LogP contribution in [0.2, 0.25) is 0 Å². The number of hydrogen-bond acceptors (Lipinski definition) is 3. The largest absolute Gasteiger partial charge is 0.497 e. The maximum atomic E-state index is 5.30. The molecule has 0 amide bonds. The first-order valence-corrected chi connectivity index (χ1v) is 6.98. The van der Waals surface area contributed by atoms with Gasteiger partial charge in [-0.2, -0.15) is 0 Å². The van der Waals surface area contributed by atoms with Crippen LogP contribution in [0.15, 0.2) is 36.7 Å². The van der Waals surface area contributed by atoms with Crippen LogP contribution < -0.4 is 10.1 Å². The van der Waals surface area contributed by atoms with Crippen molar-refractivity contribution >= 4 is 0 Å². The van der Waals surface area contributed by atoms with Gasteiger partial charge >= 0.3 is 0 Å². The van der Waals surface area contributed by atoms with Crippen molar-refractivity contribution < 1.29 is 4.74 Å². The Morgan fingerprint density at radius 3 is 2.80 bits per heavy atom. The summed E-state index contributed by atoms with van der Waals surface area (Å²) in [6.45, 7) is 5.19. The molecule has 0 aliphatic rings. The Kier molecular flexibility index (Phi) is 4.79. The fourth-order valence-corrected chi connectivity index (χ4v) is 2.39. The first-order valence-electron chi connectivity index (χ1n) is 6.98. The maximum absolute atomic E-state index is 5.30. The summed E-state index contributed by atoms with van der Waals surface area (Å²) in [7, 11) is 3.68. The lowest BCUT2D eigenvalue weighted by Crippen LogP contribution is -2.23. The molecule has 0 aliphatic heterocycles. The second-order valence-corrected chi connectivity index (χ2v) is 5.21. The first-order chi connectivity index (χ1) is 9.65. The van der Waals surface area contributed by atoms with E-state index >= 15 is 0 Å². The second-order valence-electron chi connectivity index (χ2n) is 5.21. The van der Waals surface area contributed by atoms with Crippen molar-refractivity contribution in [2.45, 2.75) is 32.4 Å². The number of hydrogen-bond donors (Lipinski definition) is 1. The average Bonchev–Trinajstić information content (AvgIpc) is 2.93. The monoisotopic (exact) mass is 273 g/mol. The Morgan fingerprint density at radius 1 is 1.35 bits per heavy atom. The van der Waals surface area contributed by atoms with E-state index in [2.05, 4.69) is 40.8 Å². The summed E-state index contributed by atoms with van der Waals surface area (Å²) < 4.78 is 7.51. The molecule has 0 saturated carbocycles. The fourth-order valence-electron chi connectivity index (χ4n) is 2.39. The molecule has 0 bridgehead atoms. The molecule has 4 nitrogen and oxygen atoms in total. The molecule has 0 fully saturated rings. The van der Waals surface area contributed by atoms with Crippen molar-refractivity contribution in [3.63, 3.8) is 0 Å². The third-order valence-electron chi connectivity index (χ3n) is 3.49. The average molecular weight is 273 g/mol. The number of ether oxygens (including phenoxy) is 1. The zero-order valence-corrected chi connectivity index (χ0v) is 12.6. The van der Waals surface area contributed by atoms with Gasteiger partial charge in [0.05, 0.1) is 13.2 Å². The van der Waals surface area contributed by atoms with E-state index in [1.54, 1.807) is 7.11 Å². The lowest BCUT2D eigenvalue weighted by Gasteiger charge is -2.20. The van der Waals surface area contributed by atoms with E-state index in [1.165, 1.54) is 5.56 Å². The third-order valence-corrected chi connectivity index (χ3v) is 3.49. The predicted octanol–water partition coefficient (Wildman–Crippen LogP) is 2.98. The van der Waals surface area contributed by atoms with Crippen LogP contribution in [0.3, 0.4) is 0 Å². The van der Waals surface area contributed by atoms with E-state index in [0.717, 1.165) is 18.1 Å². The number of benzene rings is 1. The Balaban J connectivity index is 2.22. The highest BCUT2D eigenvalue weighted by atomic mass is 16.5. The van der Waals surface area contributed by atoms with E-state index < -0.39 is 0 Å². The molecule has 0 spiro atoms. The Morgan fingerprint density at radius 2 is 2.15 bits per heavy atom. The maximum Gasteiger partial charge on any atom is 0.119 e. The summed E-state index contributed by atoms with van der Waals surface area (Å²) in [5.74, 6) is 2.43. The highest BCUT2D eigenvalue weighted by molar-refractivity contribution is 5.30. The summed E-state index contributed by atoms with van der Waals surface area (Å²) in [6, 6.07) is 8.42. The smallest absolute Gasteiger partial charge is 0.119 e. The van der Waals surface area contributed by atoms with Gasteiger partial charge in [-0.05, 0) is 24.7 Å². The molecule has 1 N–H and O–H groups in total. The van der Waals surface area contributed by atoms with E-state index in [0.29, 0.717) is 5.92 Å². The molecule has 2 rings (SSSR count). The van der Waals surface area contributed by atoms with Crippen molar-refractivity contribution in [2.24, 2.45) is 0 Å². The van der Waals surface area contributed by atoms with Crippen LogP contribution in [0.5, 0.6) is 5.75 Å². The zero-order valence-electron chi connectivity index (χ0n) is 12.6. The topological polar surface area (TPSA) is 39.1 Å². The standard InChI is InChI=1S/C16H23N3O/c1-12(2)16-18-8-9-19(16)11-15(17-3)13-6-5-7-14(10-13)20-4/h5-10,12,15,17H,11H2,1-4H3. The normalized spacial score (nSPS) is 12.7. The molecule has 4 heteroatoms. The van der Waals surface area contributed by atoms with E-state index in [4.69, 9.17) is 4.74 Å². The minimum atomic E-state index is 0.233. The van der Waals surface area contributed by atoms with Gasteiger partial charge in [0.1, 0.15) is 11.6 Å². The van der Waals surface area contributed by atoms with Crippen LogP contribution in [0.1, 0.15) is 37.2 Å². The van der Waals surface area contributed by atoms with Gasteiger partial charge in [-0.15, -0.1) is 0 Å². The molecule has 1 atom stereocenters. The molecular weight excluding hydrogens is 250 g/mol. The van der Waals surface area contributed by atoms with E-state index in [-0.39, 0.29) is 6.04 Å². The van der Waals surface area contributed by atoms with Crippen molar-refractivity contribution in [1.29, 1.82) is 0 Å². The van der Waals surface area contributed by atoms with Gasteiger partial charge in [0.2, 0.25) is 0 Å². The van der Waals surface area contributed by atoms with Crippen LogP contribution in [-0.2, 0) is 6.54 Å². The molecule has 1 unspecified atom stereocenters. The van der Waals surface area contributed by atoms with Gasteiger partial charge in [-0.3, -0.25) is 0 Å². The summed E-state index contributed by atoms with van der Waals surface area (Å²) in [5.41, 5.74) is 1.22. The number of rotatable bonds is 6. The highest BCUT2D eigenvalue weighted by Gasteiger charge is 2.14.